The van der Waals surface area contributed by atoms with Crippen LogP contribution < -0.4 is 4.74 Å². The van der Waals surface area contributed by atoms with Crippen molar-refractivity contribution in [3.8, 4) is 11.5 Å². The van der Waals surface area contributed by atoms with Gasteiger partial charge in [0.2, 0.25) is 0 Å². The molecule has 33 heavy (non-hydrogen) atoms. The van der Waals surface area contributed by atoms with Crippen molar-refractivity contribution in [3.05, 3.63) is 129 Å². The molecule has 4 aromatic carbocycles. The van der Waals surface area contributed by atoms with E-state index in [4.69, 9.17) is 4.74 Å². The lowest BCUT2D eigenvalue weighted by molar-refractivity contribution is 0.481. The van der Waals surface area contributed by atoms with E-state index in [2.05, 4.69) is 120 Å². The molecule has 1 nitrogen and oxygen atoms in total. The minimum atomic E-state index is -0.0854. The van der Waals surface area contributed by atoms with Gasteiger partial charge >= 0.3 is 0 Å². The maximum Gasteiger partial charge on any atom is 0.127 e. The monoisotopic (exact) mass is 434 g/mol. The molecule has 0 bridgehead atoms. The normalized spacial score (nSPS) is 11.5. The largest absolute Gasteiger partial charge is 0.457 e. The Morgan fingerprint density at radius 1 is 0.515 bits per heavy atom. The third kappa shape index (κ3) is 5.20. The summed E-state index contributed by atoms with van der Waals surface area (Å²) in [6.07, 6.45) is 0.965. The van der Waals surface area contributed by atoms with Crippen LogP contribution in [0.3, 0.4) is 0 Å². The second-order valence-electron chi connectivity index (χ2n) is 9.79. The highest BCUT2D eigenvalue weighted by atomic mass is 16.5. The molecule has 0 fully saturated rings. The van der Waals surface area contributed by atoms with Crippen LogP contribution in [0.5, 0.6) is 11.5 Å². The third-order valence-corrected chi connectivity index (χ3v) is 6.95. The van der Waals surface area contributed by atoms with Crippen molar-refractivity contribution in [2.75, 3.05) is 0 Å². The fraction of sp³-hybridized carbons (Fsp3) is 0.250. The smallest absolute Gasteiger partial charge is 0.127 e. The van der Waals surface area contributed by atoms with E-state index in [0.717, 1.165) is 17.9 Å². The first-order valence-electron chi connectivity index (χ1n) is 11.7. The molecule has 0 radical (unpaired) electrons. The Kier molecular flexibility index (Phi) is 6.42. The summed E-state index contributed by atoms with van der Waals surface area (Å²) in [5.74, 6) is 1.74. The van der Waals surface area contributed by atoms with E-state index in [1.54, 1.807) is 0 Å². The van der Waals surface area contributed by atoms with Crippen LogP contribution in [-0.2, 0) is 11.8 Å². The lowest BCUT2D eigenvalue weighted by Crippen LogP contribution is -2.18. The average Bonchev–Trinajstić information content (AvgIpc) is 2.80. The maximum absolute atomic E-state index is 6.08. The molecule has 0 aliphatic carbocycles. The fourth-order valence-corrected chi connectivity index (χ4v) is 4.21. The van der Waals surface area contributed by atoms with Gasteiger partial charge in [-0.25, -0.2) is 0 Å². The number of aryl methyl sites for hydroxylation is 4. The van der Waals surface area contributed by atoms with E-state index in [-0.39, 0.29) is 5.41 Å². The maximum atomic E-state index is 6.08. The van der Waals surface area contributed by atoms with Crippen LogP contribution in [0, 0.1) is 27.7 Å². The fourth-order valence-electron chi connectivity index (χ4n) is 4.21. The number of benzene rings is 4. The van der Waals surface area contributed by atoms with E-state index >= 15 is 0 Å². The SMILES string of the molecule is Cc1ccc(Cc2ccc(C(C)(C)c3ccc(Oc4ccc(C)c(C)c4)cc3)cc2)cc1C. The van der Waals surface area contributed by atoms with Gasteiger partial charge < -0.3 is 4.74 Å². The first-order chi connectivity index (χ1) is 15.7. The van der Waals surface area contributed by atoms with Crippen LogP contribution in [0.1, 0.15) is 58.4 Å². The first kappa shape index (κ1) is 22.9. The van der Waals surface area contributed by atoms with Crippen LogP contribution in [0.15, 0.2) is 84.9 Å². The van der Waals surface area contributed by atoms with Gasteiger partial charge in [-0.1, -0.05) is 74.5 Å². The highest BCUT2D eigenvalue weighted by Crippen LogP contribution is 2.33. The third-order valence-electron chi connectivity index (χ3n) is 6.95. The number of hydrogen-bond acceptors (Lipinski definition) is 1. The second-order valence-corrected chi connectivity index (χ2v) is 9.79. The Morgan fingerprint density at radius 3 is 1.58 bits per heavy atom. The lowest BCUT2D eigenvalue weighted by Gasteiger charge is -2.26. The van der Waals surface area contributed by atoms with Gasteiger partial charge in [-0.05, 0) is 103 Å². The summed E-state index contributed by atoms with van der Waals surface area (Å²) in [6.45, 7) is 13.1. The quantitative estimate of drug-likeness (QED) is 0.295. The lowest BCUT2D eigenvalue weighted by atomic mass is 9.78. The van der Waals surface area contributed by atoms with Crippen molar-refractivity contribution in [1.29, 1.82) is 0 Å². The molecule has 0 aromatic heterocycles. The van der Waals surface area contributed by atoms with Crippen LogP contribution in [0.25, 0.3) is 0 Å². The van der Waals surface area contributed by atoms with Gasteiger partial charge in [-0.2, -0.15) is 0 Å². The molecule has 0 saturated carbocycles. The van der Waals surface area contributed by atoms with E-state index in [0.29, 0.717) is 0 Å². The zero-order chi connectivity index (χ0) is 23.6. The summed E-state index contributed by atoms with van der Waals surface area (Å²) in [5, 5.41) is 0. The molecule has 0 spiro atoms. The average molecular weight is 435 g/mol. The molecule has 1 heteroatoms. The molecule has 0 atom stereocenters. The summed E-state index contributed by atoms with van der Waals surface area (Å²) >= 11 is 0. The Hall–Kier alpha value is -3.32. The standard InChI is InChI=1S/C32H34O/c1-22-7-9-27(19-24(22)3)21-26-10-12-28(13-11-26)32(5,6)29-14-17-30(18-15-29)33-31-16-8-23(2)25(4)20-31/h7-20H,21H2,1-6H3. The summed E-state index contributed by atoms with van der Waals surface area (Å²) in [5.41, 5.74) is 10.4. The molecular formula is C32H34O. The molecule has 0 aliphatic heterocycles. The van der Waals surface area contributed by atoms with Gasteiger partial charge in [0.25, 0.3) is 0 Å². The number of rotatable bonds is 6. The van der Waals surface area contributed by atoms with Crippen LogP contribution in [0.2, 0.25) is 0 Å². The number of ether oxygens (including phenoxy) is 1. The summed E-state index contributed by atoms with van der Waals surface area (Å²) in [4.78, 5) is 0. The van der Waals surface area contributed by atoms with Gasteiger partial charge in [0, 0.05) is 5.41 Å². The Bertz CT molecular complexity index is 1150. The molecule has 0 N–H and O–H groups in total. The van der Waals surface area contributed by atoms with Crippen molar-refractivity contribution in [2.24, 2.45) is 0 Å². The van der Waals surface area contributed by atoms with Crippen molar-refractivity contribution < 1.29 is 4.74 Å². The highest BCUT2D eigenvalue weighted by molar-refractivity contribution is 5.43. The summed E-state index contributed by atoms with van der Waals surface area (Å²) in [7, 11) is 0. The van der Waals surface area contributed by atoms with Crippen molar-refractivity contribution in [2.45, 2.75) is 53.4 Å². The van der Waals surface area contributed by atoms with Crippen LogP contribution in [-0.4, -0.2) is 0 Å². The van der Waals surface area contributed by atoms with E-state index < -0.39 is 0 Å². The summed E-state index contributed by atoms with van der Waals surface area (Å²) < 4.78 is 6.08. The minimum Gasteiger partial charge on any atom is -0.457 e. The molecule has 0 aliphatic rings. The molecule has 0 unspecified atom stereocenters. The molecule has 168 valence electrons. The first-order valence-corrected chi connectivity index (χ1v) is 11.7. The zero-order valence-electron chi connectivity index (χ0n) is 20.7. The molecule has 4 aromatic rings. The van der Waals surface area contributed by atoms with E-state index in [9.17, 15) is 0 Å². The zero-order valence-corrected chi connectivity index (χ0v) is 20.7. The van der Waals surface area contributed by atoms with E-state index in [1.807, 2.05) is 6.07 Å². The van der Waals surface area contributed by atoms with Crippen LogP contribution >= 0.6 is 0 Å². The molecule has 0 saturated heterocycles. The van der Waals surface area contributed by atoms with Gasteiger partial charge in [0.1, 0.15) is 11.5 Å². The van der Waals surface area contributed by atoms with Gasteiger partial charge in [0.15, 0.2) is 0 Å². The second kappa shape index (κ2) is 9.27. The van der Waals surface area contributed by atoms with Gasteiger partial charge in [-0.15, -0.1) is 0 Å². The Balaban J connectivity index is 1.47. The molecule has 4 rings (SSSR count). The predicted molar refractivity (Wildman–Crippen MR) is 140 cm³/mol. The minimum absolute atomic E-state index is 0.0854. The Morgan fingerprint density at radius 2 is 1.00 bits per heavy atom. The predicted octanol–water partition coefficient (Wildman–Crippen LogP) is 8.63. The van der Waals surface area contributed by atoms with E-state index in [1.165, 1.54) is 44.5 Å². The molecule has 0 heterocycles. The highest BCUT2D eigenvalue weighted by Gasteiger charge is 2.23. The Labute approximate surface area is 199 Å². The van der Waals surface area contributed by atoms with Crippen LogP contribution in [0.4, 0.5) is 0 Å². The van der Waals surface area contributed by atoms with Gasteiger partial charge in [-0.3, -0.25) is 0 Å². The summed E-state index contributed by atoms with van der Waals surface area (Å²) in [6, 6.07) is 30.6. The number of hydrogen-bond donors (Lipinski definition) is 0. The van der Waals surface area contributed by atoms with Crippen molar-refractivity contribution in [1.82, 2.24) is 0 Å². The van der Waals surface area contributed by atoms with Gasteiger partial charge in [0.05, 0.1) is 0 Å². The molecule has 0 amide bonds. The molecular weight excluding hydrogens is 400 g/mol. The van der Waals surface area contributed by atoms with Crippen molar-refractivity contribution >= 4 is 0 Å². The van der Waals surface area contributed by atoms with Crippen molar-refractivity contribution in [3.63, 3.8) is 0 Å². The topological polar surface area (TPSA) is 9.23 Å².